The molecule has 0 saturated heterocycles. The smallest absolute Gasteiger partial charge is 0.337 e. The molecule has 0 amide bonds. The molecule has 4 nitrogen and oxygen atoms in total. The van der Waals surface area contributed by atoms with E-state index in [-0.39, 0.29) is 22.8 Å². The molecule has 5 heteroatoms. The SMILES string of the molecule is COC(=O)c1ccc(OC)c(C(=O)CCl)c1. The number of benzene rings is 1. The van der Waals surface area contributed by atoms with Crippen molar-refractivity contribution in [2.75, 3.05) is 20.1 Å². The monoisotopic (exact) mass is 242 g/mol. The van der Waals surface area contributed by atoms with Crippen LogP contribution in [0.4, 0.5) is 0 Å². The van der Waals surface area contributed by atoms with Crippen LogP contribution in [0.5, 0.6) is 5.75 Å². The number of hydrogen-bond acceptors (Lipinski definition) is 4. The zero-order valence-corrected chi connectivity index (χ0v) is 9.71. The Hall–Kier alpha value is -1.55. The minimum atomic E-state index is -0.508. The fraction of sp³-hybridized carbons (Fsp3) is 0.273. The predicted octanol–water partition coefficient (Wildman–Crippen LogP) is 1.90. The Morgan fingerprint density at radius 2 is 2.00 bits per heavy atom. The van der Waals surface area contributed by atoms with Gasteiger partial charge in [-0.05, 0) is 18.2 Å². The maximum atomic E-state index is 11.5. The molecule has 1 rings (SSSR count). The maximum absolute atomic E-state index is 11.5. The second-order valence-electron chi connectivity index (χ2n) is 2.96. The summed E-state index contributed by atoms with van der Waals surface area (Å²) in [7, 11) is 2.72. The van der Waals surface area contributed by atoms with Crippen molar-refractivity contribution in [2.24, 2.45) is 0 Å². The molecule has 0 atom stereocenters. The molecule has 0 aliphatic heterocycles. The summed E-state index contributed by atoms with van der Waals surface area (Å²) in [6.45, 7) is 0. The Balaban J connectivity index is 3.21. The number of rotatable bonds is 4. The quantitative estimate of drug-likeness (QED) is 0.460. The van der Waals surface area contributed by atoms with Crippen molar-refractivity contribution in [2.45, 2.75) is 0 Å². The first-order valence-corrected chi connectivity index (χ1v) is 5.03. The molecule has 86 valence electrons. The van der Waals surface area contributed by atoms with Crippen LogP contribution in [0.1, 0.15) is 20.7 Å². The number of ether oxygens (including phenoxy) is 2. The van der Waals surface area contributed by atoms with Gasteiger partial charge in [0, 0.05) is 0 Å². The summed E-state index contributed by atoms with van der Waals surface area (Å²) in [6.07, 6.45) is 0. The van der Waals surface area contributed by atoms with Crippen LogP contribution in [0.3, 0.4) is 0 Å². The lowest BCUT2D eigenvalue weighted by atomic mass is 10.1. The highest BCUT2D eigenvalue weighted by molar-refractivity contribution is 6.30. The van der Waals surface area contributed by atoms with E-state index in [1.165, 1.54) is 32.4 Å². The van der Waals surface area contributed by atoms with Crippen LogP contribution in [0.25, 0.3) is 0 Å². The van der Waals surface area contributed by atoms with Gasteiger partial charge in [0.15, 0.2) is 5.78 Å². The molecule has 1 aromatic carbocycles. The highest BCUT2D eigenvalue weighted by Crippen LogP contribution is 2.21. The van der Waals surface area contributed by atoms with Gasteiger partial charge in [0.25, 0.3) is 0 Å². The fourth-order valence-corrected chi connectivity index (χ4v) is 1.39. The van der Waals surface area contributed by atoms with Crippen LogP contribution in [0, 0.1) is 0 Å². The van der Waals surface area contributed by atoms with Crippen molar-refractivity contribution >= 4 is 23.4 Å². The van der Waals surface area contributed by atoms with Gasteiger partial charge in [0.2, 0.25) is 0 Å². The van der Waals surface area contributed by atoms with Crippen molar-refractivity contribution < 1.29 is 19.1 Å². The number of Topliss-reactive ketones (excluding diaryl/α,β-unsaturated/α-hetero) is 1. The van der Waals surface area contributed by atoms with Crippen molar-refractivity contribution in [3.63, 3.8) is 0 Å². The molecule has 0 fully saturated rings. The highest BCUT2D eigenvalue weighted by Gasteiger charge is 2.15. The van der Waals surface area contributed by atoms with Gasteiger partial charge < -0.3 is 9.47 Å². The van der Waals surface area contributed by atoms with Crippen LogP contribution in [-0.2, 0) is 4.74 Å². The van der Waals surface area contributed by atoms with Crippen molar-refractivity contribution in [1.29, 1.82) is 0 Å². The topological polar surface area (TPSA) is 52.6 Å². The van der Waals surface area contributed by atoms with Crippen molar-refractivity contribution in [3.8, 4) is 5.75 Å². The molecule has 0 aliphatic carbocycles. The maximum Gasteiger partial charge on any atom is 0.337 e. The summed E-state index contributed by atoms with van der Waals surface area (Å²) >= 11 is 5.46. The molecule has 16 heavy (non-hydrogen) atoms. The first-order chi connectivity index (χ1) is 7.63. The average Bonchev–Trinajstić information content (AvgIpc) is 2.35. The minimum Gasteiger partial charge on any atom is -0.496 e. The van der Waals surface area contributed by atoms with E-state index < -0.39 is 5.97 Å². The second kappa shape index (κ2) is 5.51. The van der Waals surface area contributed by atoms with Crippen LogP contribution < -0.4 is 4.74 Å². The standard InChI is InChI=1S/C11H11ClO4/c1-15-10-4-3-7(11(14)16-2)5-8(10)9(13)6-12/h3-5H,6H2,1-2H3. The fourth-order valence-electron chi connectivity index (χ4n) is 1.24. The van der Waals surface area contributed by atoms with E-state index in [1.54, 1.807) is 0 Å². The van der Waals surface area contributed by atoms with E-state index in [0.717, 1.165) is 0 Å². The molecular formula is C11H11ClO4. The number of alkyl halides is 1. The molecule has 0 N–H and O–H groups in total. The molecule has 0 aromatic heterocycles. The molecule has 0 aliphatic rings. The molecule has 0 bridgehead atoms. The molecule has 0 unspecified atom stereocenters. The number of methoxy groups -OCH3 is 2. The van der Waals surface area contributed by atoms with Gasteiger partial charge in [-0.2, -0.15) is 0 Å². The molecule has 0 heterocycles. The molecule has 0 radical (unpaired) electrons. The molecular weight excluding hydrogens is 232 g/mol. The number of esters is 1. The van der Waals surface area contributed by atoms with Crippen LogP contribution in [-0.4, -0.2) is 31.9 Å². The minimum absolute atomic E-state index is 0.166. The molecule has 0 saturated carbocycles. The normalized spacial score (nSPS) is 9.69. The van der Waals surface area contributed by atoms with Crippen LogP contribution in [0.15, 0.2) is 18.2 Å². The Kier molecular flexibility index (Phi) is 4.31. The molecule has 1 aromatic rings. The third-order valence-electron chi connectivity index (χ3n) is 2.04. The summed E-state index contributed by atoms with van der Waals surface area (Å²) in [4.78, 5) is 22.8. The number of carbonyl (C=O) groups excluding carboxylic acids is 2. The number of ketones is 1. The first-order valence-electron chi connectivity index (χ1n) is 4.49. The Morgan fingerprint density at radius 3 is 2.50 bits per heavy atom. The highest BCUT2D eigenvalue weighted by atomic mass is 35.5. The second-order valence-corrected chi connectivity index (χ2v) is 3.23. The van der Waals surface area contributed by atoms with E-state index in [2.05, 4.69) is 4.74 Å². The van der Waals surface area contributed by atoms with Gasteiger partial charge >= 0.3 is 5.97 Å². The van der Waals surface area contributed by atoms with E-state index >= 15 is 0 Å². The van der Waals surface area contributed by atoms with Gasteiger partial charge in [0.05, 0.1) is 31.2 Å². The molecule has 0 spiro atoms. The van der Waals surface area contributed by atoms with Gasteiger partial charge in [-0.15, -0.1) is 11.6 Å². The lowest BCUT2D eigenvalue weighted by molar-refractivity contribution is 0.0600. The van der Waals surface area contributed by atoms with E-state index in [9.17, 15) is 9.59 Å². The van der Waals surface area contributed by atoms with Crippen LogP contribution >= 0.6 is 11.6 Å². The average molecular weight is 243 g/mol. The zero-order valence-electron chi connectivity index (χ0n) is 8.95. The Bertz CT molecular complexity index is 414. The van der Waals surface area contributed by atoms with Gasteiger partial charge in [-0.3, -0.25) is 4.79 Å². The largest absolute Gasteiger partial charge is 0.496 e. The van der Waals surface area contributed by atoms with Gasteiger partial charge in [-0.25, -0.2) is 4.79 Å². The number of carbonyl (C=O) groups is 2. The number of halogens is 1. The van der Waals surface area contributed by atoms with E-state index in [4.69, 9.17) is 16.3 Å². The summed E-state index contributed by atoms with van der Waals surface area (Å²) < 4.78 is 9.56. The lowest BCUT2D eigenvalue weighted by Gasteiger charge is -2.07. The third-order valence-corrected chi connectivity index (χ3v) is 2.29. The number of hydrogen-bond donors (Lipinski definition) is 0. The summed E-state index contributed by atoms with van der Waals surface area (Å²) in [6, 6.07) is 4.47. The van der Waals surface area contributed by atoms with Gasteiger partial charge in [-0.1, -0.05) is 0 Å². The van der Waals surface area contributed by atoms with Crippen LogP contribution in [0.2, 0.25) is 0 Å². The predicted molar refractivity (Wildman–Crippen MR) is 59.4 cm³/mol. The summed E-state index contributed by atoms with van der Waals surface area (Å²) in [5.74, 6) is -0.588. The van der Waals surface area contributed by atoms with Crippen molar-refractivity contribution in [3.05, 3.63) is 29.3 Å². The summed E-state index contributed by atoms with van der Waals surface area (Å²) in [5.41, 5.74) is 0.567. The summed E-state index contributed by atoms with van der Waals surface area (Å²) in [5, 5.41) is 0. The third kappa shape index (κ3) is 2.52. The van der Waals surface area contributed by atoms with Crippen molar-refractivity contribution in [1.82, 2.24) is 0 Å². The lowest BCUT2D eigenvalue weighted by Crippen LogP contribution is -2.07. The van der Waals surface area contributed by atoms with Gasteiger partial charge in [0.1, 0.15) is 5.75 Å². The Morgan fingerprint density at radius 1 is 1.31 bits per heavy atom. The first kappa shape index (κ1) is 12.5. The van der Waals surface area contributed by atoms with E-state index in [0.29, 0.717) is 5.75 Å². The zero-order chi connectivity index (χ0) is 12.1. The Labute approximate surface area is 98.1 Å². The van der Waals surface area contributed by atoms with E-state index in [1.807, 2.05) is 0 Å².